The van der Waals surface area contributed by atoms with Crippen molar-refractivity contribution >= 4 is 11.7 Å². The number of likely N-dealkylation sites (N-methyl/N-ethyl adjacent to an activating group) is 1. The van der Waals surface area contributed by atoms with Crippen molar-refractivity contribution in [2.24, 2.45) is 0 Å². The summed E-state index contributed by atoms with van der Waals surface area (Å²) in [6, 6.07) is 0.0648. The van der Waals surface area contributed by atoms with Crippen LogP contribution in [0.4, 0.5) is 0 Å². The molecule has 0 aliphatic heterocycles. The molecule has 0 radical (unpaired) electrons. The monoisotopic (exact) mass is 231 g/mol. The van der Waals surface area contributed by atoms with Crippen LogP contribution in [0.15, 0.2) is 0 Å². The topological polar surface area (TPSA) is 43.9 Å². The molecular weight excluding hydrogens is 206 g/mol. The molecule has 0 heterocycles. The molecule has 0 aromatic carbocycles. The van der Waals surface area contributed by atoms with Gasteiger partial charge in [0.1, 0.15) is 5.78 Å². The summed E-state index contributed by atoms with van der Waals surface area (Å²) in [6.45, 7) is 5.02. The summed E-state index contributed by atoms with van der Waals surface area (Å²) < 4.78 is 0. The Balaban J connectivity index is 0. The number of carbonyl (C=O) groups is 2. The molecule has 5 heteroatoms. The van der Waals surface area contributed by atoms with E-state index in [0.29, 0.717) is 0 Å². The summed E-state index contributed by atoms with van der Waals surface area (Å²) in [5, 5.41) is 3.25. The Morgan fingerprint density at radius 3 is 1.31 bits per heavy atom. The standard InChI is InChI=1S/C6H13NO.C5H12N2O/c1-5(6(2)8)7(3)4;1-5(8)7(4)6(2)3/h5H,1-4H3;1-4H3. The maximum absolute atomic E-state index is 10.5. The third-order valence-corrected chi connectivity index (χ3v) is 2.42. The van der Waals surface area contributed by atoms with Gasteiger partial charge in [-0.15, -0.1) is 0 Å². The maximum Gasteiger partial charge on any atom is 0.233 e. The van der Waals surface area contributed by atoms with E-state index in [4.69, 9.17) is 0 Å². The van der Waals surface area contributed by atoms with E-state index in [1.54, 1.807) is 19.0 Å². The first kappa shape index (κ1) is 17.5. The van der Waals surface area contributed by atoms with Crippen molar-refractivity contribution in [3.8, 4) is 0 Å². The Kier molecular flexibility index (Phi) is 8.99. The van der Waals surface area contributed by atoms with Crippen LogP contribution in [-0.4, -0.2) is 67.9 Å². The highest BCUT2D eigenvalue weighted by atomic mass is 16.2. The van der Waals surface area contributed by atoms with E-state index in [1.165, 1.54) is 11.9 Å². The van der Waals surface area contributed by atoms with Gasteiger partial charge in [0.15, 0.2) is 0 Å². The molecule has 1 unspecified atom stereocenters. The number of ketones is 1. The molecule has 0 rings (SSSR count). The van der Waals surface area contributed by atoms with Crippen molar-refractivity contribution in [1.82, 2.24) is 14.9 Å². The van der Waals surface area contributed by atoms with Gasteiger partial charge in [0.25, 0.3) is 0 Å². The van der Waals surface area contributed by atoms with Gasteiger partial charge in [0.05, 0.1) is 6.04 Å². The van der Waals surface area contributed by atoms with Gasteiger partial charge in [0, 0.05) is 28.1 Å². The Bertz CT molecular complexity index is 203. The van der Waals surface area contributed by atoms with E-state index < -0.39 is 0 Å². The van der Waals surface area contributed by atoms with Gasteiger partial charge in [-0.25, -0.2) is 5.01 Å². The van der Waals surface area contributed by atoms with Crippen molar-refractivity contribution in [2.75, 3.05) is 35.2 Å². The molecule has 0 saturated carbocycles. The van der Waals surface area contributed by atoms with Crippen molar-refractivity contribution in [2.45, 2.75) is 26.8 Å². The predicted octanol–water partition coefficient (Wildman–Crippen LogP) is 0.467. The van der Waals surface area contributed by atoms with Crippen LogP contribution in [0.5, 0.6) is 0 Å². The van der Waals surface area contributed by atoms with Gasteiger partial charge < -0.3 is 0 Å². The fourth-order valence-corrected chi connectivity index (χ4v) is 0.645. The molecule has 5 nitrogen and oxygen atoms in total. The van der Waals surface area contributed by atoms with Gasteiger partial charge in [-0.2, -0.15) is 0 Å². The molecule has 0 saturated heterocycles. The van der Waals surface area contributed by atoms with Crippen LogP contribution in [0.1, 0.15) is 20.8 Å². The molecule has 0 aliphatic carbocycles. The number of amides is 1. The summed E-state index contributed by atoms with van der Waals surface area (Å²) in [6.07, 6.45) is 0. The van der Waals surface area contributed by atoms with Gasteiger partial charge in [-0.1, -0.05) is 0 Å². The van der Waals surface area contributed by atoms with Gasteiger partial charge >= 0.3 is 0 Å². The van der Waals surface area contributed by atoms with Crippen molar-refractivity contribution < 1.29 is 9.59 Å². The first-order chi connectivity index (χ1) is 7.11. The number of Topliss-reactive ketones (excluding diaryl/α,β-unsaturated/α-hetero) is 1. The zero-order valence-electron chi connectivity index (χ0n) is 11.7. The van der Waals surface area contributed by atoms with Crippen LogP contribution in [-0.2, 0) is 9.59 Å². The lowest BCUT2D eigenvalue weighted by Gasteiger charge is -2.21. The van der Waals surface area contributed by atoms with E-state index in [9.17, 15) is 9.59 Å². The Hall–Kier alpha value is -0.940. The largest absolute Gasteiger partial charge is 0.300 e. The molecule has 96 valence electrons. The molecule has 0 fully saturated rings. The second-order valence-corrected chi connectivity index (χ2v) is 4.14. The highest BCUT2D eigenvalue weighted by molar-refractivity contribution is 5.80. The normalized spacial score (nSPS) is 11.9. The van der Waals surface area contributed by atoms with E-state index in [-0.39, 0.29) is 17.7 Å². The highest BCUT2D eigenvalue weighted by Crippen LogP contribution is 1.90. The van der Waals surface area contributed by atoms with Crippen LogP contribution >= 0.6 is 0 Å². The van der Waals surface area contributed by atoms with Crippen molar-refractivity contribution in [3.63, 3.8) is 0 Å². The van der Waals surface area contributed by atoms with Crippen LogP contribution < -0.4 is 0 Å². The predicted molar refractivity (Wildman–Crippen MR) is 66.0 cm³/mol. The lowest BCUT2D eigenvalue weighted by atomic mass is 10.2. The lowest BCUT2D eigenvalue weighted by Crippen LogP contribution is -2.36. The number of hydrazine groups is 1. The van der Waals surface area contributed by atoms with Crippen LogP contribution in [0, 0.1) is 0 Å². The summed E-state index contributed by atoms with van der Waals surface area (Å²) in [5.74, 6) is 0.269. The third kappa shape index (κ3) is 8.38. The fraction of sp³-hybridized carbons (Fsp3) is 0.818. The van der Waals surface area contributed by atoms with Gasteiger partial charge in [-0.3, -0.25) is 19.5 Å². The number of nitrogens with zero attached hydrogens (tertiary/aromatic N) is 3. The highest BCUT2D eigenvalue weighted by Gasteiger charge is 2.07. The summed E-state index contributed by atoms with van der Waals surface area (Å²) in [5.41, 5.74) is 0. The van der Waals surface area contributed by atoms with Gasteiger partial charge in [-0.05, 0) is 27.9 Å². The molecule has 0 aliphatic rings. The van der Waals surface area contributed by atoms with E-state index in [2.05, 4.69) is 0 Å². The maximum atomic E-state index is 10.5. The Morgan fingerprint density at radius 1 is 0.938 bits per heavy atom. The molecule has 16 heavy (non-hydrogen) atoms. The first-order valence-corrected chi connectivity index (χ1v) is 5.19. The Labute approximate surface area is 99.0 Å². The van der Waals surface area contributed by atoms with Crippen LogP contribution in [0.2, 0.25) is 0 Å². The minimum absolute atomic E-state index is 0.0509. The number of rotatable bonds is 3. The SMILES string of the molecule is CC(=O)C(C)N(C)C.CC(=O)N(C)N(C)C. The minimum atomic E-state index is 0.0509. The summed E-state index contributed by atoms with van der Waals surface area (Å²) >= 11 is 0. The van der Waals surface area contributed by atoms with E-state index in [0.717, 1.165) is 0 Å². The number of hydrogen-bond acceptors (Lipinski definition) is 4. The molecule has 1 atom stereocenters. The second kappa shape index (κ2) is 8.24. The molecule has 0 bridgehead atoms. The average molecular weight is 231 g/mol. The summed E-state index contributed by atoms with van der Waals surface area (Å²) in [4.78, 5) is 22.9. The molecule has 0 spiro atoms. The smallest absolute Gasteiger partial charge is 0.233 e. The molecule has 0 N–H and O–H groups in total. The summed E-state index contributed by atoms with van der Waals surface area (Å²) in [7, 11) is 9.16. The molecular formula is C11H25N3O2. The quantitative estimate of drug-likeness (QED) is 0.662. The van der Waals surface area contributed by atoms with E-state index >= 15 is 0 Å². The molecule has 0 aromatic heterocycles. The van der Waals surface area contributed by atoms with Crippen LogP contribution in [0.25, 0.3) is 0 Å². The third-order valence-electron chi connectivity index (χ3n) is 2.42. The minimum Gasteiger partial charge on any atom is -0.300 e. The van der Waals surface area contributed by atoms with Crippen molar-refractivity contribution in [1.29, 1.82) is 0 Å². The number of carbonyl (C=O) groups excluding carboxylic acids is 2. The average Bonchev–Trinajstić information content (AvgIpc) is 2.15. The van der Waals surface area contributed by atoms with E-state index in [1.807, 2.05) is 40.0 Å². The van der Waals surface area contributed by atoms with Crippen molar-refractivity contribution in [3.05, 3.63) is 0 Å². The van der Waals surface area contributed by atoms with Crippen LogP contribution in [0.3, 0.4) is 0 Å². The van der Waals surface area contributed by atoms with Gasteiger partial charge in [0.2, 0.25) is 5.91 Å². The number of hydrogen-bond donors (Lipinski definition) is 0. The Morgan fingerprint density at radius 2 is 1.31 bits per heavy atom. The first-order valence-electron chi connectivity index (χ1n) is 5.19. The second-order valence-electron chi connectivity index (χ2n) is 4.14. The zero-order valence-corrected chi connectivity index (χ0v) is 11.7. The molecule has 0 aromatic rings. The lowest BCUT2D eigenvalue weighted by molar-refractivity contribution is -0.139. The molecule has 1 amide bonds. The zero-order chi connectivity index (χ0) is 13.5. The fourth-order valence-electron chi connectivity index (χ4n) is 0.645.